The third kappa shape index (κ3) is 4.79. The van der Waals surface area contributed by atoms with E-state index in [2.05, 4.69) is 45.5 Å². The lowest BCUT2D eigenvalue weighted by Crippen LogP contribution is -2.22. The molecule has 1 N–H and O–H groups in total. The molecule has 0 aliphatic carbocycles. The average molecular weight is 353 g/mol. The molecule has 0 fully saturated rings. The summed E-state index contributed by atoms with van der Waals surface area (Å²) in [5.74, 6) is 0.0952. The predicted molar refractivity (Wildman–Crippen MR) is 105 cm³/mol. The van der Waals surface area contributed by atoms with Gasteiger partial charge < -0.3 is 10.2 Å². The van der Waals surface area contributed by atoms with E-state index in [0.29, 0.717) is 13.0 Å². The van der Waals surface area contributed by atoms with E-state index in [1.807, 2.05) is 32.3 Å². The van der Waals surface area contributed by atoms with Gasteiger partial charge in [0.2, 0.25) is 5.91 Å². The molecule has 4 nitrogen and oxygen atoms in total. The number of benzene rings is 2. The maximum absolute atomic E-state index is 12.0. The van der Waals surface area contributed by atoms with Crippen LogP contribution in [0.15, 0.2) is 48.5 Å². The van der Waals surface area contributed by atoms with Crippen LogP contribution in [0.25, 0.3) is 10.2 Å². The second-order valence-corrected chi connectivity index (χ2v) is 7.38. The first-order valence-electron chi connectivity index (χ1n) is 8.49. The number of amides is 1. The van der Waals surface area contributed by atoms with Crippen LogP contribution in [-0.4, -0.2) is 25.0 Å². The van der Waals surface area contributed by atoms with E-state index in [0.717, 1.165) is 34.6 Å². The number of aryl methyl sites for hydroxylation is 1. The van der Waals surface area contributed by atoms with Crippen molar-refractivity contribution < 1.29 is 4.79 Å². The quantitative estimate of drug-likeness (QED) is 0.698. The van der Waals surface area contributed by atoms with Gasteiger partial charge in [0, 0.05) is 32.7 Å². The molecule has 0 unspecified atom stereocenters. The number of carbonyl (C=O) groups is 1. The molecule has 2 aromatic carbocycles. The van der Waals surface area contributed by atoms with E-state index in [9.17, 15) is 4.79 Å². The molecule has 1 aromatic heterocycles. The summed E-state index contributed by atoms with van der Waals surface area (Å²) in [5.41, 5.74) is 3.32. The number of carbonyl (C=O) groups excluding carboxylic acids is 1. The van der Waals surface area contributed by atoms with E-state index >= 15 is 0 Å². The molecule has 0 radical (unpaired) electrons. The Kier molecular flexibility index (Phi) is 5.66. The van der Waals surface area contributed by atoms with Gasteiger partial charge in [0.15, 0.2) is 0 Å². The maximum Gasteiger partial charge on any atom is 0.220 e. The lowest BCUT2D eigenvalue weighted by molar-refractivity contribution is -0.121. The Morgan fingerprint density at radius 3 is 2.60 bits per heavy atom. The Hall–Kier alpha value is -2.40. The van der Waals surface area contributed by atoms with Crippen LogP contribution < -0.4 is 10.2 Å². The Balaban J connectivity index is 1.42. The zero-order valence-corrected chi connectivity index (χ0v) is 15.5. The normalized spacial score (nSPS) is 10.8. The van der Waals surface area contributed by atoms with Crippen LogP contribution in [0.4, 0.5) is 5.69 Å². The smallest absolute Gasteiger partial charge is 0.220 e. The van der Waals surface area contributed by atoms with Crippen LogP contribution in [0.5, 0.6) is 0 Å². The predicted octanol–water partition coefficient (Wildman–Crippen LogP) is 4.00. The Labute approximate surface area is 152 Å². The summed E-state index contributed by atoms with van der Waals surface area (Å²) < 4.78 is 1.21. The van der Waals surface area contributed by atoms with Crippen LogP contribution >= 0.6 is 11.3 Å². The highest BCUT2D eigenvalue weighted by molar-refractivity contribution is 7.18. The molecular weight excluding hydrogens is 330 g/mol. The fraction of sp³-hybridized carbons (Fsp3) is 0.300. The summed E-state index contributed by atoms with van der Waals surface area (Å²) in [6.07, 6.45) is 2.21. The summed E-state index contributed by atoms with van der Waals surface area (Å²) >= 11 is 1.72. The molecule has 1 heterocycles. The minimum Gasteiger partial charge on any atom is -0.378 e. The van der Waals surface area contributed by atoms with Crippen LogP contribution in [0.3, 0.4) is 0 Å². The number of anilines is 1. The molecule has 0 atom stereocenters. The SMILES string of the molecule is CN(C)c1ccc(CNC(=O)CCCc2nc3ccccc3s2)cc1. The van der Waals surface area contributed by atoms with Crippen LogP contribution in [0, 0.1) is 0 Å². The highest BCUT2D eigenvalue weighted by atomic mass is 32.1. The van der Waals surface area contributed by atoms with Gasteiger partial charge in [0.25, 0.3) is 0 Å². The van der Waals surface area contributed by atoms with Crippen molar-refractivity contribution in [2.24, 2.45) is 0 Å². The van der Waals surface area contributed by atoms with Crippen LogP contribution in [-0.2, 0) is 17.8 Å². The maximum atomic E-state index is 12.0. The zero-order chi connectivity index (χ0) is 17.6. The third-order valence-electron chi connectivity index (χ3n) is 4.08. The number of para-hydroxylation sites is 1. The summed E-state index contributed by atoms with van der Waals surface area (Å²) in [5, 5.41) is 4.10. The van der Waals surface area contributed by atoms with Gasteiger partial charge in [-0.25, -0.2) is 4.98 Å². The van der Waals surface area contributed by atoms with Crippen molar-refractivity contribution in [3.05, 3.63) is 59.1 Å². The summed E-state index contributed by atoms with van der Waals surface area (Å²) in [7, 11) is 4.03. The largest absolute Gasteiger partial charge is 0.378 e. The minimum atomic E-state index is 0.0952. The fourth-order valence-electron chi connectivity index (χ4n) is 2.63. The molecule has 25 heavy (non-hydrogen) atoms. The highest BCUT2D eigenvalue weighted by Gasteiger charge is 2.06. The number of nitrogens with one attached hydrogen (secondary N) is 1. The van der Waals surface area contributed by atoms with Gasteiger partial charge >= 0.3 is 0 Å². The van der Waals surface area contributed by atoms with E-state index in [-0.39, 0.29) is 5.91 Å². The van der Waals surface area contributed by atoms with Crippen molar-refractivity contribution >= 4 is 33.1 Å². The number of aromatic nitrogens is 1. The number of nitrogens with zero attached hydrogens (tertiary/aromatic N) is 2. The van der Waals surface area contributed by atoms with Gasteiger partial charge in [-0.1, -0.05) is 24.3 Å². The monoisotopic (exact) mass is 353 g/mol. The molecule has 0 aliphatic rings. The molecule has 0 saturated carbocycles. The van der Waals surface area contributed by atoms with Crippen molar-refractivity contribution in [1.82, 2.24) is 10.3 Å². The second kappa shape index (κ2) is 8.12. The first kappa shape index (κ1) is 17.4. The standard InChI is InChI=1S/C20H23N3OS/c1-23(2)16-12-10-15(11-13-16)14-21-19(24)8-5-9-20-22-17-6-3-4-7-18(17)25-20/h3-4,6-7,10-13H,5,8-9,14H2,1-2H3,(H,21,24). The number of fused-ring (bicyclic) bond motifs is 1. The van der Waals surface area contributed by atoms with Gasteiger partial charge in [-0.2, -0.15) is 0 Å². The number of hydrogen-bond donors (Lipinski definition) is 1. The van der Waals surface area contributed by atoms with Crippen molar-refractivity contribution in [3.8, 4) is 0 Å². The van der Waals surface area contributed by atoms with Gasteiger partial charge in [-0.05, 0) is 42.7 Å². The van der Waals surface area contributed by atoms with E-state index in [4.69, 9.17) is 0 Å². The number of thiazole rings is 1. The van der Waals surface area contributed by atoms with Crippen molar-refractivity contribution in [2.45, 2.75) is 25.8 Å². The lowest BCUT2D eigenvalue weighted by Gasteiger charge is -2.12. The van der Waals surface area contributed by atoms with Gasteiger partial charge in [0.1, 0.15) is 0 Å². The summed E-state index contributed by atoms with van der Waals surface area (Å²) in [6.45, 7) is 0.577. The van der Waals surface area contributed by atoms with Crippen LogP contribution in [0.2, 0.25) is 0 Å². The second-order valence-electron chi connectivity index (χ2n) is 6.27. The van der Waals surface area contributed by atoms with Gasteiger partial charge in [-0.15, -0.1) is 11.3 Å². The summed E-state index contributed by atoms with van der Waals surface area (Å²) in [4.78, 5) is 18.7. The number of hydrogen-bond acceptors (Lipinski definition) is 4. The fourth-order valence-corrected chi connectivity index (χ4v) is 3.64. The molecule has 0 spiro atoms. The molecular formula is C20H23N3OS. The Morgan fingerprint density at radius 2 is 1.88 bits per heavy atom. The Bertz CT molecular complexity index is 807. The van der Waals surface area contributed by atoms with Crippen molar-refractivity contribution in [2.75, 3.05) is 19.0 Å². The average Bonchev–Trinajstić information content (AvgIpc) is 3.03. The topological polar surface area (TPSA) is 45.2 Å². The molecule has 0 bridgehead atoms. The minimum absolute atomic E-state index is 0.0952. The molecule has 3 aromatic rings. The van der Waals surface area contributed by atoms with E-state index in [1.165, 1.54) is 4.70 Å². The van der Waals surface area contributed by atoms with E-state index < -0.39 is 0 Å². The Morgan fingerprint density at radius 1 is 1.12 bits per heavy atom. The van der Waals surface area contributed by atoms with Crippen LogP contribution in [0.1, 0.15) is 23.4 Å². The third-order valence-corrected chi connectivity index (χ3v) is 5.17. The molecule has 1 amide bonds. The molecule has 5 heteroatoms. The van der Waals surface area contributed by atoms with Crippen molar-refractivity contribution in [1.29, 1.82) is 0 Å². The van der Waals surface area contributed by atoms with Gasteiger partial charge in [0.05, 0.1) is 15.2 Å². The molecule has 130 valence electrons. The van der Waals surface area contributed by atoms with E-state index in [1.54, 1.807) is 11.3 Å². The van der Waals surface area contributed by atoms with Crippen molar-refractivity contribution in [3.63, 3.8) is 0 Å². The molecule has 0 aliphatic heterocycles. The highest BCUT2D eigenvalue weighted by Crippen LogP contribution is 2.22. The lowest BCUT2D eigenvalue weighted by atomic mass is 10.2. The first-order valence-corrected chi connectivity index (χ1v) is 9.31. The summed E-state index contributed by atoms with van der Waals surface area (Å²) in [6, 6.07) is 16.4. The first-order chi connectivity index (χ1) is 12.1. The molecule has 3 rings (SSSR count). The molecule has 0 saturated heterocycles. The van der Waals surface area contributed by atoms with Gasteiger partial charge in [-0.3, -0.25) is 4.79 Å². The number of rotatable bonds is 7. The zero-order valence-electron chi connectivity index (χ0n) is 14.7.